The van der Waals surface area contributed by atoms with Crippen LogP contribution in [0.2, 0.25) is 0 Å². The van der Waals surface area contributed by atoms with E-state index in [0.717, 1.165) is 0 Å². The summed E-state index contributed by atoms with van der Waals surface area (Å²) in [6, 6.07) is 13.8. The summed E-state index contributed by atoms with van der Waals surface area (Å²) in [6.45, 7) is 0.395. The van der Waals surface area contributed by atoms with E-state index in [-0.39, 0.29) is 23.2 Å². The Morgan fingerprint density at radius 1 is 1.08 bits per heavy atom. The molecule has 0 unspecified atom stereocenters. The van der Waals surface area contributed by atoms with Gasteiger partial charge >= 0.3 is 0 Å². The van der Waals surface area contributed by atoms with E-state index in [1.807, 2.05) is 0 Å². The zero-order valence-electron chi connectivity index (χ0n) is 13.3. The molecule has 0 atom stereocenters. The van der Waals surface area contributed by atoms with Crippen LogP contribution in [0.15, 0.2) is 59.1 Å². The third kappa shape index (κ3) is 4.29. The van der Waals surface area contributed by atoms with Crippen LogP contribution in [0.1, 0.15) is 22.5 Å². The van der Waals surface area contributed by atoms with Gasteiger partial charge in [0.2, 0.25) is 0 Å². The van der Waals surface area contributed by atoms with Crippen LogP contribution in [-0.4, -0.2) is 17.6 Å². The number of hydrogen-bond donors (Lipinski definition) is 1. The maximum Gasteiger partial charge on any atom is 0.273 e. The highest BCUT2D eigenvalue weighted by molar-refractivity contribution is 5.93. The zero-order valence-corrected chi connectivity index (χ0v) is 13.3. The second kappa shape index (κ2) is 7.70. The van der Waals surface area contributed by atoms with Gasteiger partial charge in [-0.3, -0.25) is 4.79 Å². The second-order valence-electron chi connectivity index (χ2n) is 5.53. The molecule has 0 radical (unpaired) electrons. The number of amides is 1. The number of carbonyl (C=O) groups is 1. The smallest absolute Gasteiger partial charge is 0.273 e. The van der Waals surface area contributed by atoms with Gasteiger partial charge in [-0.05, 0) is 48.7 Å². The minimum Gasteiger partial charge on any atom is -0.355 e. The molecule has 0 fully saturated rings. The van der Waals surface area contributed by atoms with Crippen molar-refractivity contribution in [3.63, 3.8) is 0 Å². The molecule has 6 heteroatoms. The Bertz CT molecular complexity index is 860. The molecule has 0 saturated heterocycles. The fourth-order valence-electron chi connectivity index (χ4n) is 2.40. The van der Waals surface area contributed by atoms with Crippen LogP contribution >= 0.6 is 0 Å². The number of aromatic nitrogens is 1. The zero-order chi connectivity index (χ0) is 17.6. The molecule has 2 aromatic carbocycles. The van der Waals surface area contributed by atoms with Gasteiger partial charge in [-0.25, -0.2) is 8.78 Å². The molecule has 1 aromatic heterocycles. The standard InChI is InChI=1S/C19H16F2N2O2/c20-15-9-7-14(8-10-15)18-12-17(23-25-18)19(24)22-11-3-5-13-4-1-2-6-16(13)21/h1-2,4,6-10,12H,3,5,11H2,(H,22,24). The lowest BCUT2D eigenvalue weighted by Crippen LogP contribution is -2.25. The highest BCUT2D eigenvalue weighted by Gasteiger charge is 2.13. The van der Waals surface area contributed by atoms with E-state index < -0.39 is 0 Å². The maximum atomic E-state index is 13.5. The van der Waals surface area contributed by atoms with Crippen LogP contribution in [0.4, 0.5) is 8.78 Å². The Hall–Kier alpha value is -3.02. The van der Waals surface area contributed by atoms with Gasteiger partial charge in [-0.2, -0.15) is 0 Å². The molecule has 0 bridgehead atoms. The number of nitrogens with one attached hydrogen (secondary N) is 1. The van der Waals surface area contributed by atoms with Gasteiger partial charge < -0.3 is 9.84 Å². The summed E-state index contributed by atoms with van der Waals surface area (Å²) in [7, 11) is 0. The largest absolute Gasteiger partial charge is 0.355 e. The minimum atomic E-state index is -0.370. The summed E-state index contributed by atoms with van der Waals surface area (Å²) < 4.78 is 31.5. The van der Waals surface area contributed by atoms with Gasteiger partial charge in [-0.15, -0.1) is 0 Å². The van der Waals surface area contributed by atoms with E-state index >= 15 is 0 Å². The fourth-order valence-corrected chi connectivity index (χ4v) is 2.40. The number of nitrogens with zero attached hydrogens (tertiary/aromatic N) is 1. The first-order valence-electron chi connectivity index (χ1n) is 7.88. The molecule has 1 N–H and O–H groups in total. The Balaban J connectivity index is 1.52. The van der Waals surface area contributed by atoms with Crippen molar-refractivity contribution in [1.82, 2.24) is 10.5 Å². The Kier molecular flexibility index (Phi) is 5.18. The molecular formula is C19H16F2N2O2. The van der Waals surface area contributed by atoms with Crippen LogP contribution in [0.3, 0.4) is 0 Å². The normalized spacial score (nSPS) is 10.6. The Labute approximate surface area is 143 Å². The summed E-state index contributed by atoms with van der Waals surface area (Å²) in [6.07, 6.45) is 1.14. The van der Waals surface area contributed by atoms with E-state index in [1.165, 1.54) is 24.3 Å². The molecule has 0 aliphatic rings. The van der Waals surface area contributed by atoms with Crippen molar-refractivity contribution >= 4 is 5.91 Å². The Morgan fingerprint density at radius 3 is 2.60 bits per heavy atom. The fraction of sp³-hybridized carbons (Fsp3) is 0.158. The monoisotopic (exact) mass is 342 g/mol. The predicted molar refractivity (Wildman–Crippen MR) is 89.0 cm³/mol. The van der Waals surface area contributed by atoms with Crippen LogP contribution < -0.4 is 5.32 Å². The summed E-state index contributed by atoms with van der Waals surface area (Å²) in [5.74, 6) is -0.576. The number of aryl methyl sites for hydroxylation is 1. The molecule has 1 heterocycles. The molecular weight excluding hydrogens is 326 g/mol. The number of carbonyl (C=O) groups excluding carboxylic acids is 1. The quantitative estimate of drug-likeness (QED) is 0.689. The number of halogens is 2. The highest BCUT2D eigenvalue weighted by Crippen LogP contribution is 2.20. The van der Waals surface area contributed by atoms with Gasteiger partial charge in [0.15, 0.2) is 11.5 Å². The summed E-state index contributed by atoms with van der Waals surface area (Å²) in [5, 5.41) is 6.44. The summed E-state index contributed by atoms with van der Waals surface area (Å²) in [5.41, 5.74) is 1.40. The SMILES string of the molecule is O=C(NCCCc1ccccc1F)c1cc(-c2ccc(F)cc2)on1. The van der Waals surface area contributed by atoms with Crippen molar-refractivity contribution in [2.45, 2.75) is 12.8 Å². The molecule has 0 saturated carbocycles. The molecule has 0 aliphatic heterocycles. The van der Waals surface area contributed by atoms with Gasteiger partial charge in [0.05, 0.1) is 0 Å². The predicted octanol–water partition coefficient (Wildman–Crippen LogP) is 3.98. The number of hydrogen-bond acceptors (Lipinski definition) is 3. The van der Waals surface area contributed by atoms with Crippen LogP contribution in [0, 0.1) is 11.6 Å². The maximum absolute atomic E-state index is 13.5. The van der Waals surface area contributed by atoms with Crippen molar-refractivity contribution in [3.05, 3.63) is 77.5 Å². The van der Waals surface area contributed by atoms with Gasteiger partial charge in [0, 0.05) is 18.2 Å². The van der Waals surface area contributed by atoms with E-state index in [9.17, 15) is 13.6 Å². The second-order valence-corrected chi connectivity index (χ2v) is 5.53. The molecule has 1 amide bonds. The molecule has 0 spiro atoms. The summed E-state index contributed by atoms with van der Waals surface area (Å²) in [4.78, 5) is 12.1. The molecule has 0 aliphatic carbocycles. The van der Waals surface area contributed by atoms with Gasteiger partial charge in [-0.1, -0.05) is 23.4 Å². The van der Waals surface area contributed by atoms with Crippen molar-refractivity contribution in [2.75, 3.05) is 6.54 Å². The van der Waals surface area contributed by atoms with Crippen LogP contribution in [-0.2, 0) is 6.42 Å². The first-order valence-corrected chi connectivity index (χ1v) is 7.88. The third-order valence-electron chi connectivity index (χ3n) is 3.74. The molecule has 25 heavy (non-hydrogen) atoms. The third-order valence-corrected chi connectivity index (χ3v) is 3.74. The van der Waals surface area contributed by atoms with E-state index in [2.05, 4.69) is 10.5 Å². The van der Waals surface area contributed by atoms with E-state index in [1.54, 1.807) is 30.3 Å². The molecule has 3 aromatic rings. The van der Waals surface area contributed by atoms with Gasteiger partial charge in [0.25, 0.3) is 5.91 Å². The summed E-state index contributed by atoms with van der Waals surface area (Å²) >= 11 is 0. The highest BCUT2D eigenvalue weighted by atomic mass is 19.1. The molecule has 3 rings (SSSR count). The average Bonchev–Trinajstić information content (AvgIpc) is 3.11. The lowest BCUT2D eigenvalue weighted by atomic mass is 10.1. The number of rotatable bonds is 6. The van der Waals surface area contributed by atoms with E-state index in [0.29, 0.717) is 36.3 Å². The van der Waals surface area contributed by atoms with Crippen molar-refractivity contribution in [1.29, 1.82) is 0 Å². The van der Waals surface area contributed by atoms with Crippen molar-refractivity contribution in [3.8, 4) is 11.3 Å². The van der Waals surface area contributed by atoms with Crippen molar-refractivity contribution < 1.29 is 18.1 Å². The lowest BCUT2D eigenvalue weighted by Gasteiger charge is -2.04. The lowest BCUT2D eigenvalue weighted by molar-refractivity contribution is 0.0944. The van der Waals surface area contributed by atoms with E-state index in [4.69, 9.17) is 4.52 Å². The molecule has 4 nitrogen and oxygen atoms in total. The van der Waals surface area contributed by atoms with Crippen LogP contribution in [0.5, 0.6) is 0 Å². The first kappa shape index (κ1) is 16.8. The number of benzene rings is 2. The van der Waals surface area contributed by atoms with Crippen molar-refractivity contribution in [2.24, 2.45) is 0 Å². The first-order chi connectivity index (χ1) is 12.1. The van der Waals surface area contributed by atoms with Gasteiger partial charge in [0.1, 0.15) is 11.6 Å². The topological polar surface area (TPSA) is 55.1 Å². The Morgan fingerprint density at radius 2 is 1.84 bits per heavy atom. The van der Waals surface area contributed by atoms with Crippen LogP contribution in [0.25, 0.3) is 11.3 Å². The molecule has 128 valence electrons. The average molecular weight is 342 g/mol. The minimum absolute atomic E-state index is 0.144.